The standard InChI is InChI=1S/C17H14N2O.C17H17NO/c1-12-2-6-16(7-3-12)19-17(20)14-5-4-13-8-9-18-11-15(13)10-14;1-4-14-7-8-15(11-13(14)3)17(19)18-16-9-5-12(2)6-10-16/h2-11H,1H3,(H,19,20);4-11H,1H2,2-3H3,(H,18,19). The first-order valence-electron chi connectivity index (χ1n) is 12.7. The van der Waals surface area contributed by atoms with E-state index in [4.69, 9.17) is 0 Å². The molecule has 2 amide bonds. The van der Waals surface area contributed by atoms with Gasteiger partial charge in [0.05, 0.1) is 0 Å². The topological polar surface area (TPSA) is 71.1 Å². The Hall–Kier alpha value is -5.03. The van der Waals surface area contributed by atoms with Gasteiger partial charge in [-0.2, -0.15) is 0 Å². The Morgan fingerprint density at radius 3 is 1.74 bits per heavy atom. The van der Waals surface area contributed by atoms with Crippen LogP contribution in [0.5, 0.6) is 0 Å². The van der Waals surface area contributed by atoms with Crippen LogP contribution in [0.1, 0.15) is 43.0 Å². The molecule has 1 aromatic heterocycles. The van der Waals surface area contributed by atoms with Crippen molar-refractivity contribution in [2.75, 3.05) is 10.6 Å². The van der Waals surface area contributed by atoms with Gasteiger partial charge in [0.25, 0.3) is 11.8 Å². The van der Waals surface area contributed by atoms with Gasteiger partial charge < -0.3 is 10.6 Å². The van der Waals surface area contributed by atoms with Crippen LogP contribution < -0.4 is 10.6 Å². The molecule has 0 aliphatic rings. The second kappa shape index (κ2) is 12.5. The Morgan fingerprint density at radius 1 is 0.667 bits per heavy atom. The molecular weight excluding hydrogens is 482 g/mol. The number of pyridine rings is 1. The molecule has 0 saturated heterocycles. The third-order valence-electron chi connectivity index (χ3n) is 6.27. The summed E-state index contributed by atoms with van der Waals surface area (Å²) in [7, 11) is 0. The maximum atomic E-state index is 12.2. The van der Waals surface area contributed by atoms with Crippen molar-refractivity contribution >= 4 is 40.0 Å². The van der Waals surface area contributed by atoms with Crippen LogP contribution in [0.2, 0.25) is 0 Å². The zero-order valence-electron chi connectivity index (χ0n) is 22.4. The summed E-state index contributed by atoms with van der Waals surface area (Å²) in [6, 6.07) is 28.6. The van der Waals surface area contributed by atoms with Crippen molar-refractivity contribution in [2.24, 2.45) is 0 Å². The van der Waals surface area contributed by atoms with Gasteiger partial charge >= 0.3 is 0 Å². The highest BCUT2D eigenvalue weighted by Crippen LogP contribution is 2.17. The van der Waals surface area contributed by atoms with E-state index in [1.165, 1.54) is 11.1 Å². The van der Waals surface area contributed by atoms with Gasteiger partial charge in [-0.3, -0.25) is 14.6 Å². The summed E-state index contributed by atoms with van der Waals surface area (Å²) < 4.78 is 0. The monoisotopic (exact) mass is 513 g/mol. The number of fused-ring (bicyclic) bond motifs is 1. The summed E-state index contributed by atoms with van der Waals surface area (Å²) in [4.78, 5) is 28.4. The Bertz CT molecular complexity index is 1620. The Labute approximate surface area is 229 Å². The summed E-state index contributed by atoms with van der Waals surface area (Å²) >= 11 is 0. The first kappa shape index (κ1) is 27.0. The van der Waals surface area contributed by atoms with E-state index in [1.54, 1.807) is 18.5 Å². The van der Waals surface area contributed by atoms with Gasteiger partial charge in [-0.15, -0.1) is 0 Å². The Balaban J connectivity index is 0.000000181. The molecule has 5 heteroatoms. The molecule has 1 heterocycles. The molecule has 194 valence electrons. The third kappa shape index (κ3) is 7.27. The van der Waals surface area contributed by atoms with E-state index < -0.39 is 0 Å². The number of aromatic nitrogens is 1. The SMILES string of the molecule is C=Cc1ccc(C(=O)Nc2ccc(C)cc2)cc1C.Cc1ccc(NC(=O)c2ccc3ccncc3c2)cc1. The van der Waals surface area contributed by atoms with E-state index >= 15 is 0 Å². The van der Waals surface area contributed by atoms with Crippen LogP contribution in [-0.4, -0.2) is 16.8 Å². The average molecular weight is 514 g/mol. The minimum absolute atomic E-state index is 0.0948. The summed E-state index contributed by atoms with van der Waals surface area (Å²) in [5.41, 5.74) is 7.32. The lowest BCUT2D eigenvalue weighted by molar-refractivity contribution is 0.101. The molecule has 0 spiro atoms. The summed E-state index contributed by atoms with van der Waals surface area (Å²) in [6.07, 6.45) is 5.30. The van der Waals surface area contributed by atoms with E-state index in [2.05, 4.69) is 22.2 Å². The van der Waals surface area contributed by atoms with Gasteiger partial charge in [0.2, 0.25) is 0 Å². The number of anilines is 2. The first-order chi connectivity index (χ1) is 18.8. The first-order valence-corrected chi connectivity index (χ1v) is 12.7. The summed E-state index contributed by atoms with van der Waals surface area (Å²) in [5, 5.41) is 7.81. The smallest absolute Gasteiger partial charge is 0.255 e. The van der Waals surface area contributed by atoms with Gasteiger partial charge in [0.1, 0.15) is 0 Å². The van der Waals surface area contributed by atoms with Crippen LogP contribution in [0.3, 0.4) is 0 Å². The van der Waals surface area contributed by atoms with Crippen LogP contribution in [0, 0.1) is 20.8 Å². The lowest BCUT2D eigenvalue weighted by Crippen LogP contribution is -2.12. The molecule has 0 fully saturated rings. The molecule has 5 nitrogen and oxygen atoms in total. The van der Waals surface area contributed by atoms with E-state index in [0.717, 1.165) is 33.3 Å². The molecule has 5 aromatic rings. The minimum Gasteiger partial charge on any atom is -0.322 e. The molecule has 5 rings (SSSR count). The minimum atomic E-state index is -0.111. The maximum absolute atomic E-state index is 12.2. The molecule has 0 atom stereocenters. The number of nitrogens with zero attached hydrogens (tertiary/aromatic N) is 1. The van der Waals surface area contributed by atoms with Crippen molar-refractivity contribution in [2.45, 2.75) is 20.8 Å². The van der Waals surface area contributed by atoms with E-state index in [1.807, 2.05) is 112 Å². The molecule has 39 heavy (non-hydrogen) atoms. The molecule has 0 bridgehead atoms. The van der Waals surface area contributed by atoms with E-state index in [9.17, 15) is 9.59 Å². The fourth-order valence-corrected chi connectivity index (χ4v) is 3.95. The maximum Gasteiger partial charge on any atom is 0.255 e. The highest BCUT2D eigenvalue weighted by Gasteiger charge is 2.08. The molecule has 2 N–H and O–H groups in total. The van der Waals surface area contributed by atoms with Crippen molar-refractivity contribution in [1.29, 1.82) is 0 Å². The number of hydrogen-bond acceptors (Lipinski definition) is 3. The number of benzene rings is 4. The zero-order chi connectivity index (χ0) is 27.8. The second-order valence-electron chi connectivity index (χ2n) is 9.35. The van der Waals surface area contributed by atoms with Gasteiger partial charge in [-0.25, -0.2) is 0 Å². The van der Waals surface area contributed by atoms with Gasteiger partial charge in [-0.05, 0) is 91.9 Å². The predicted molar refractivity (Wildman–Crippen MR) is 161 cm³/mol. The van der Waals surface area contributed by atoms with Crippen molar-refractivity contribution in [3.8, 4) is 0 Å². The molecule has 0 radical (unpaired) electrons. The number of aryl methyl sites for hydroxylation is 3. The van der Waals surface area contributed by atoms with Crippen LogP contribution in [0.15, 0.2) is 110 Å². The number of hydrogen-bond donors (Lipinski definition) is 2. The van der Waals surface area contributed by atoms with Crippen LogP contribution in [0.4, 0.5) is 11.4 Å². The normalized spacial score (nSPS) is 10.2. The lowest BCUT2D eigenvalue weighted by Gasteiger charge is -2.07. The van der Waals surface area contributed by atoms with Crippen molar-refractivity contribution in [1.82, 2.24) is 4.98 Å². The molecule has 0 aliphatic carbocycles. The van der Waals surface area contributed by atoms with Gasteiger partial charge in [-0.1, -0.05) is 60.2 Å². The van der Waals surface area contributed by atoms with Crippen molar-refractivity contribution < 1.29 is 9.59 Å². The zero-order valence-corrected chi connectivity index (χ0v) is 22.4. The number of amides is 2. The molecule has 4 aromatic carbocycles. The molecule has 0 saturated carbocycles. The lowest BCUT2D eigenvalue weighted by atomic mass is 10.0. The number of carbonyl (C=O) groups is 2. The number of rotatable bonds is 5. The predicted octanol–water partition coefficient (Wildman–Crippen LogP) is 7.99. The van der Waals surface area contributed by atoms with Crippen LogP contribution >= 0.6 is 0 Å². The van der Waals surface area contributed by atoms with Gasteiger partial charge in [0.15, 0.2) is 0 Å². The average Bonchev–Trinajstić information content (AvgIpc) is 2.95. The third-order valence-corrected chi connectivity index (χ3v) is 6.27. The summed E-state index contributed by atoms with van der Waals surface area (Å²) in [6.45, 7) is 9.75. The fourth-order valence-electron chi connectivity index (χ4n) is 3.95. The molecular formula is C34H31N3O2. The van der Waals surface area contributed by atoms with Crippen LogP contribution in [0.25, 0.3) is 16.8 Å². The second-order valence-corrected chi connectivity index (χ2v) is 9.35. The Morgan fingerprint density at radius 2 is 1.21 bits per heavy atom. The quantitative estimate of drug-likeness (QED) is 0.250. The fraction of sp³-hybridized carbons (Fsp3) is 0.0882. The number of nitrogens with one attached hydrogen (secondary N) is 2. The number of carbonyl (C=O) groups excluding carboxylic acids is 2. The molecule has 0 aliphatic heterocycles. The highest BCUT2D eigenvalue weighted by molar-refractivity contribution is 6.06. The van der Waals surface area contributed by atoms with Gasteiger partial charge in [0, 0.05) is 40.3 Å². The van der Waals surface area contributed by atoms with Crippen LogP contribution in [-0.2, 0) is 0 Å². The van der Waals surface area contributed by atoms with Crippen molar-refractivity contribution in [3.05, 3.63) is 143 Å². The van der Waals surface area contributed by atoms with E-state index in [-0.39, 0.29) is 11.8 Å². The largest absolute Gasteiger partial charge is 0.322 e. The molecule has 0 unspecified atom stereocenters. The van der Waals surface area contributed by atoms with E-state index in [0.29, 0.717) is 11.1 Å². The Kier molecular flexibility index (Phi) is 8.64. The highest BCUT2D eigenvalue weighted by atomic mass is 16.2. The van der Waals surface area contributed by atoms with Crippen molar-refractivity contribution in [3.63, 3.8) is 0 Å². The summed E-state index contributed by atoms with van der Waals surface area (Å²) in [5.74, 6) is -0.206.